The van der Waals surface area contributed by atoms with E-state index in [4.69, 9.17) is 14.2 Å². The predicted molar refractivity (Wildman–Crippen MR) is 140 cm³/mol. The highest BCUT2D eigenvalue weighted by Crippen LogP contribution is 2.30. The minimum Gasteiger partial charge on any atom is -0.493 e. The second-order valence-corrected chi connectivity index (χ2v) is 8.27. The molecule has 4 nitrogen and oxygen atoms in total. The minimum atomic E-state index is -0.452. The highest BCUT2D eigenvalue weighted by Gasteiger charge is 2.07. The second kappa shape index (κ2) is 11.2. The molecule has 176 valence electrons. The van der Waals surface area contributed by atoms with E-state index in [9.17, 15) is 4.79 Å². The van der Waals surface area contributed by atoms with E-state index < -0.39 is 5.97 Å². The molecular formula is C31H28O4. The van der Waals surface area contributed by atoms with Crippen LogP contribution in [0, 0.1) is 13.8 Å². The van der Waals surface area contributed by atoms with Gasteiger partial charge in [0.05, 0.1) is 7.11 Å². The first-order chi connectivity index (χ1) is 17.0. The lowest BCUT2D eigenvalue weighted by atomic mass is 10.0. The van der Waals surface area contributed by atoms with Crippen molar-refractivity contribution in [2.45, 2.75) is 20.5 Å². The van der Waals surface area contributed by atoms with Gasteiger partial charge in [0, 0.05) is 6.08 Å². The summed E-state index contributed by atoms with van der Waals surface area (Å²) in [6.07, 6.45) is 3.09. The van der Waals surface area contributed by atoms with Gasteiger partial charge in [-0.3, -0.25) is 0 Å². The average Bonchev–Trinajstić information content (AvgIpc) is 2.88. The number of esters is 1. The molecule has 0 aliphatic heterocycles. The average molecular weight is 465 g/mol. The van der Waals surface area contributed by atoms with Crippen molar-refractivity contribution in [3.8, 4) is 28.4 Å². The van der Waals surface area contributed by atoms with E-state index in [2.05, 4.69) is 44.2 Å². The van der Waals surface area contributed by atoms with Gasteiger partial charge < -0.3 is 14.2 Å². The first-order valence-electron chi connectivity index (χ1n) is 11.4. The zero-order valence-corrected chi connectivity index (χ0v) is 20.2. The van der Waals surface area contributed by atoms with Crippen molar-refractivity contribution in [2.24, 2.45) is 0 Å². The van der Waals surface area contributed by atoms with Crippen LogP contribution in [0.2, 0.25) is 0 Å². The highest BCUT2D eigenvalue weighted by atomic mass is 16.5. The molecule has 0 radical (unpaired) electrons. The van der Waals surface area contributed by atoms with E-state index in [0.717, 1.165) is 22.3 Å². The Morgan fingerprint density at radius 2 is 1.49 bits per heavy atom. The van der Waals surface area contributed by atoms with Crippen LogP contribution in [0.4, 0.5) is 0 Å². The van der Waals surface area contributed by atoms with Gasteiger partial charge in [-0.1, -0.05) is 72.3 Å². The molecule has 0 saturated heterocycles. The maximum absolute atomic E-state index is 12.3. The molecule has 35 heavy (non-hydrogen) atoms. The molecule has 4 aromatic carbocycles. The lowest BCUT2D eigenvalue weighted by molar-refractivity contribution is -0.128. The number of aryl methyl sites for hydroxylation is 2. The summed E-state index contributed by atoms with van der Waals surface area (Å²) in [6, 6.07) is 29.4. The van der Waals surface area contributed by atoms with Gasteiger partial charge in [-0.25, -0.2) is 4.79 Å². The van der Waals surface area contributed by atoms with E-state index in [1.54, 1.807) is 25.3 Å². The van der Waals surface area contributed by atoms with Gasteiger partial charge in [-0.15, -0.1) is 0 Å². The van der Waals surface area contributed by atoms with Gasteiger partial charge in [-0.2, -0.15) is 0 Å². The summed E-state index contributed by atoms with van der Waals surface area (Å²) in [4.78, 5) is 12.3. The number of methoxy groups -OCH3 is 1. The fourth-order valence-electron chi connectivity index (χ4n) is 3.61. The van der Waals surface area contributed by atoms with Crippen LogP contribution in [-0.2, 0) is 11.4 Å². The summed E-state index contributed by atoms with van der Waals surface area (Å²) in [5.41, 5.74) is 6.50. The molecule has 0 N–H and O–H groups in total. The summed E-state index contributed by atoms with van der Waals surface area (Å²) in [5.74, 6) is 1.28. The van der Waals surface area contributed by atoms with Crippen molar-refractivity contribution in [1.82, 2.24) is 0 Å². The Bertz CT molecular complexity index is 1320. The Balaban J connectivity index is 1.36. The topological polar surface area (TPSA) is 44.8 Å². The van der Waals surface area contributed by atoms with Crippen molar-refractivity contribution >= 4 is 12.0 Å². The molecule has 0 fully saturated rings. The number of carbonyl (C=O) groups excluding carboxylic acids is 1. The standard InChI is InChI=1S/C31H28O4/c1-22-8-12-25(13-9-22)26-14-16-28(17-15-26)35-31(32)19-11-24-10-18-29(30(20-24)33-3)34-21-27-7-5-4-6-23(27)2/h4-20H,21H2,1-3H3/b19-11+. The Labute approximate surface area is 206 Å². The lowest BCUT2D eigenvalue weighted by Gasteiger charge is -2.12. The molecule has 4 rings (SSSR count). The zero-order chi connectivity index (χ0) is 24.6. The van der Waals surface area contributed by atoms with Crippen LogP contribution in [0.3, 0.4) is 0 Å². The lowest BCUT2D eigenvalue weighted by Crippen LogP contribution is -2.03. The summed E-state index contributed by atoms with van der Waals surface area (Å²) >= 11 is 0. The smallest absolute Gasteiger partial charge is 0.336 e. The molecule has 0 atom stereocenters. The third-order valence-corrected chi connectivity index (χ3v) is 5.70. The Hall–Kier alpha value is -4.31. The Morgan fingerprint density at radius 1 is 0.800 bits per heavy atom. The van der Waals surface area contributed by atoms with Gasteiger partial charge >= 0.3 is 5.97 Å². The first kappa shape index (κ1) is 23.8. The summed E-state index contributed by atoms with van der Waals surface area (Å²) < 4.78 is 16.9. The van der Waals surface area contributed by atoms with Crippen molar-refractivity contribution in [1.29, 1.82) is 0 Å². The number of rotatable bonds is 8. The van der Waals surface area contributed by atoms with Crippen LogP contribution in [0.15, 0.2) is 97.1 Å². The molecule has 0 unspecified atom stereocenters. The molecule has 0 bridgehead atoms. The SMILES string of the molecule is COc1cc(/C=C/C(=O)Oc2ccc(-c3ccc(C)cc3)cc2)ccc1OCc1ccccc1C. The monoisotopic (exact) mass is 464 g/mol. The quantitative estimate of drug-likeness (QED) is 0.157. The van der Waals surface area contributed by atoms with E-state index in [0.29, 0.717) is 23.9 Å². The number of benzene rings is 4. The molecule has 0 aromatic heterocycles. The second-order valence-electron chi connectivity index (χ2n) is 8.27. The van der Waals surface area contributed by atoms with Gasteiger partial charge in [0.15, 0.2) is 11.5 Å². The fraction of sp³-hybridized carbons (Fsp3) is 0.129. The molecule has 0 aliphatic carbocycles. The van der Waals surface area contributed by atoms with Crippen LogP contribution in [0.25, 0.3) is 17.2 Å². The van der Waals surface area contributed by atoms with E-state index in [1.807, 2.05) is 48.5 Å². The van der Waals surface area contributed by atoms with E-state index in [-0.39, 0.29) is 0 Å². The van der Waals surface area contributed by atoms with Gasteiger partial charge in [0.25, 0.3) is 0 Å². The van der Waals surface area contributed by atoms with Crippen LogP contribution < -0.4 is 14.2 Å². The third-order valence-electron chi connectivity index (χ3n) is 5.70. The fourth-order valence-corrected chi connectivity index (χ4v) is 3.61. The molecule has 0 spiro atoms. The molecule has 0 amide bonds. The van der Waals surface area contributed by atoms with Crippen LogP contribution in [-0.4, -0.2) is 13.1 Å². The van der Waals surface area contributed by atoms with Gasteiger partial charge in [-0.05, 0) is 72.0 Å². The summed E-state index contributed by atoms with van der Waals surface area (Å²) in [6.45, 7) is 4.57. The molecule has 0 aliphatic rings. The normalized spacial score (nSPS) is 10.8. The molecule has 0 heterocycles. The predicted octanol–water partition coefficient (Wildman–Crippen LogP) is 7.18. The van der Waals surface area contributed by atoms with Gasteiger partial charge in [0.1, 0.15) is 12.4 Å². The molecule has 4 aromatic rings. The number of ether oxygens (including phenoxy) is 3. The minimum absolute atomic E-state index is 0.452. The Morgan fingerprint density at radius 3 is 2.17 bits per heavy atom. The Kier molecular flexibility index (Phi) is 7.63. The van der Waals surface area contributed by atoms with Crippen LogP contribution >= 0.6 is 0 Å². The largest absolute Gasteiger partial charge is 0.493 e. The maximum atomic E-state index is 12.3. The number of carbonyl (C=O) groups is 1. The summed E-state index contributed by atoms with van der Waals surface area (Å²) in [5, 5.41) is 0. The molecule has 4 heteroatoms. The van der Waals surface area contributed by atoms with Gasteiger partial charge in [0.2, 0.25) is 0 Å². The molecular weight excluding hydrogens is 436 g/mol. The van der Waals surface area contributed by atoms with Crippen LogP contribution in [0.1, 0.15) is 22.3 Å². The van der Waals surface area contributed by atoms with Crippen molar-refractivity contribution in [3.05, 3.63) is 119 Å². The number of hydrogen-bond donors (Lipinski definition) is 0. The van der Waals surface area contributed by atoms with Crippen molar-refractivity contribution in [2.75, 3.05) is 7.11 Å². The molecule has 0 saturated carbocycles. The third kappa shape index (κ3) is 6.39. The number of hydrogen-bond acceptors (Lipinski definition) is 4. The highest BCUT2D eigenvalue weighted by molar-refractivity contribution is 5.89. The zero-order valence-electron chi connectivity index (χ0n) is 20.2. The van der Waals surface area contributed by atoms with Crippen molar-refractivity contribution in [3.63, 3.8) is 0 Å². The van der Waals surface area contributed by atoms with E-state index >= 15 is 0 Å². The summed E-state index contributed by atoms with van der Waals surface area (Å²) in [7, 11) is 1.60. The first-order valence-corrected chi connectivity index (χ1v) is 11.4. The van der Waals surface area contributed by atoms with Crippen LogP contribution in [0.5, 0.6) is 17.2 Å². The maximum Gasteiger partial charge on any atom is 0.336 e. The van der Waals surface area contributed by atoms with Crippen molar-refractivity contribution < 1.29 is 19.0 Å². The van der Waals surface area contributed by atoms with E-state index in [1.165, 1.54) is 17.2 Å².